The van der Waals surface area contributed by atoms with Crippen molar-refractivity contribution in [2.45, 2.75) is 64.1 Å². The second kappa shape index (κ2) is 7.35. The van der Waals surface area contributed by atoms with Gasteiger partial charge in [-0.3, -0.25) is 4.79 Å². The normalized spacial score (nSPS) is 30.3. The predicted octanol–water partition coefficient (Wildman–Crippen LogP) is 2.80. The maximum atomic E-state index is 12.6. The Balaban J connectivity index is 1.65. The second-order valence-electron chi connectivity index (χ2n) is 7.62. The lowest BCUT2D eigenvalue weighted by atomic mass is 9.81. The van der Waals surface area contributed by atoms with E-state index in [-0.39, 0.29) is 5.91 Å². The molecule has 1 aromatic carbocycles. The number of rotatable bonds is 4. The van der Waals surface area contributed by atoms with E-state index in [9.17, 15) is 4.79 Å². The maximum Gasteiger partial charge on any atom is 0.252 e. The van der Waals surface area contributed by atoms with Gasteiger partial charge in [-0.15, -0.1) is 0 Å². The van der Waals surface area contributed by atoms with Crippen molar-refractivity contribution >= 4 is 21.8 Å². The molecule has 0 radical (unpaired) electrons. The molecule has 126 valence electrons. The zero-order valence-corrected chi connectivity index (χ0v) is 15.7. The molecule has 4 heteroatoms. The van der Waals surface area contributed by atoms with Crippen molar-refractivity contribution in [2.75, 3.05) is 6.54 Å². The molecule has 23 heavy (non-hydrogen) atoms. The van der Waals surface area contributed by atoms with Gasteiger partial charge in [0.05, 0.1) is 24.2 Å². The van der Waals surface area contributed by atoms with Crippen molar-refractivity contribution < 1.29 is 9.69 Å². The number of quaternary nitrogens is 1. The molecule has 2 aliphatic heterocycles. The third-order valence-electron chi connectivity index (χ3n) is 5.39. The first-order valence-electron chi connectivity index (χ1n) is 8.95. The first kappa shape index (κ1) is 17.0. The molecule has 2 fully saturated rings. The van der Waals surface area contributed by atoms with E-state index in [0.717, 1.165) is 40.9 Å². The first-order valence-corrected chi connectivity index (χ1v) is 9.75. The van der Waals surface area contributed by atoms with Crippen molar-refractivity contribution in [3.8, 4) is 0 Å². The van der Waals surface area contributed by atoms with Crippen LogP contribution in [0.15, 0.2) is 28.7 Å². The minimum atomic E-state index is 0.0628. The third kappa shape index (κ3) is 3.97. The highest BCUT2D eigenvalue weighted by molar-refractivity contribution is 9.10. The van der Waals surface area contributed by atoms with E-state index in [4.69, 9.17) is 0 Å². The van der Waals surface area contributed by atoms with E-state index in [1.807, 2.05) is 24.3 Å². The SMILES string of the molecule is CC(C)C[NH+]1[C@@H]2CCC[C@H]1CC(NC(=O)c1ccccc1Br)C2. The van der Waals surface area contributed by atoms with E-state index >= 15 is 0 Å². The molecule has 4 atom stereocenters. The van der Waals surface area contributed by atoms with Gasteiger partial charge in [0.15, 0.2) is 0 Å². The van der Waals surface area contributed by atoms with Crippen LogP contribution in [0.5, 0.6) is 0 Å². The Bertz CT molecular complexity index is 546. The van der Waals surface area contributed by atoms with Crippen molar-refractivity contribution in [3.05, 3.63) is 34.3 Å². The summed E-state index contributed by atoms with van der Waals surface area (Å²) in [7, 11) is 0. The molecule has 2 saturated heterocycles. The Morgan fingerprint density at radius 2 is 1.91 bits per heavy atom. The Labute approximate surface area is 148 Å². The third-order valence-corrected chi connectivity index (χ3v) is 6.08. The first-order chi connectivity index (χ1) is 11.0. The molecule has 0 saturated carbocycles. The molecule has 3 rings (SSSR count). The molecule has 0 aromatic heterocycles. The number of halogens is 1. The van der Waals surface area contributed by atoms with Crippen molar-refractivity contribution in [1.29, 1.82) is 0 Å². The van der Waals surface area contributed by atoms with Gasteiger partial charge in [-0.2, -0.15) is 0 Å². The number of hydrogen-bond acceptors (Lipinski definition) is 1. The number of nitrogens with one attached hydrogen (secondary N) is 2. The van der Waals surface area contributed by atoms with Crippen molar-refractivity contribution in [1.82, 2.24) is 5.32 Å². The molecule has 0 aliphatic carbocycles. The summed E-state index contributed by atoms with van der Waals surface area (Å²) in [6.45, 7) is 5.92. The molecule has 1 aromatic rings. The van der Waals surface area contributed by atoms with Gasteiger partial charge in [0.1, 0.15) is 0 Å². The Kier molecular flexibility index (Phi) is 5.42. The Morgan fingerprint density at radius 1 is 1.26 bits per heavy atom. The minimum Gasteiger partial charge on any atom is -0.349 e. The summed E-state index contributed by atoms with van der Waals surface area (Å²) >= 11 is 3.48. The van der Waals surface area contributed by atoms with Gasteiger partial charge >= 0.3 is 0 Å². The van der Waals surface area contributed by atoms with Crippen LogP contribution in [0.25, 0.3) is 0 Å². The number of piperidine rings is 2. The lowest BCUT2D eigenvalue weighted by molar-refractivity contribution is -0.963. The second-order valence-corrected chi connectivity index (χ2v) is 8.47. The zero-order valence-electron chi connectivity index (χ0n) is 14.1. The summed E-state index contributed by atoms with van der Waals surface area (Å²) in [6, 6.07) is 9.48. The molecular weight excluding hydrogens is 352 g/mol. The minimum absolute atomic E-state index is 0.0628. The average molecular weight is 380 g/mol. The number of carbonyl (C=O) groups excluding carboxylic acids is 1. The van der Waals surface area contributed by atoms with Gasteiger partial charge < -0.3 is 10.2 Å². The van der Waals surface area contributed by atoms with Crippen LogP contribution >= 0.6 is 15.9 Å². The quantitative estimate of drug-likeness (QED) is 0.828. The standard InChI is InChI=1S/C19H27BrN2O/c1-13(2)12-22-15-6-5-7-16(22)11-14(10-15)21-19(23)17-8-3-4-9-18(17)20/h3-4,8-9,13-16H,5-7,10-12H2,1-2H3,(H,21,23)/p+1/t14?,15-,16+. The van der Waals surface area contributed by atoms with Crippen molar-refractivity contribution in [3.63, 3.8) is 0 Å². The Hall–Kier alpha value is -0.870. The van der Waals surface area contributed by atoms with Crippen LogP contribution in [0, 0.1) is 5.92 Å². The maximum absolute atomic E-state index is 12.6. The smallest absolute Gasteiger partial charge is 0.252 e. The summed E-state index contributed by atoms with van der Waals surface area (Å²) < 4.78 is 0.876. The van der Waals surface area contributed by atoms with Gasteiger partial charge in [0.25, 0.3) is 5.91 Å². The van der Waals surface area contributed by atoms with Gasteiger partial charge in [-0.25, -0.2) is 0 Å². The topological polar surface area (TPSA) is 33.5 Å². The number of benzene rings is 1. The summed E-state index contributed by atoms with van der Waals surface area (Å²) in [5.41, 5.74) is 0.745. The highest BCUT2D eigenvalue weighted by atomic mass is 79.9. The van der Waals surface area contributed by atoms with Crippen LogP contribution in [0.2, 0.25) is 0 Å². The summed E-state index contributed by atoms with van der Waals surface area (Å²) in [5, 5.41) is 3.30. The fourth-order valence-corrected chi connectivity index (χ4v) is 4.93. The summed E-state index contributed by atoms with van der Waals surface area (Å²) in [4.78, 5) is 14.4. The molecule has 2 unspecified atom stereocenters. The number of amides is 1. The van der Waals surface area contributed by atoms with Crippen LogP contribution in [-0.4, -0.2) is 30.6 Å². The molecule has 0 spiro atoms. The number of carbonyl (C=O) groups is 1. The number of fused-ring (bicyclic) bond motifs is 2. The number of hydrogen-bond donors (Lipinski definition) is 2. The van der Waals surface area contributed by atoms with Crippen molar-refractivity contribution in [2.24, 2.45) is 5.92 Å². The van der Waals surface area contributed by atoms with E-state index in [2.05, 4.69) is 35.1 Å². The molecule has 2 bridgehead atoms. The summed E-state index contributed by atoms with van der Waals surface area (Å²) in [6.07, 6.45) is 6.27. The lowest BCUT2D eigenvalue weighted by Gasteiger charge is -2.46. The molecule has 2 aliphatic rings. The summed E-state index contributed by atoms with van der Waals surface area (Å²) in [5.74, 6) is 0.812. The fourth-order valence-electron chi connectivity index (χ4n) is 4.47. The van der Waals surface area contributed by atoms with Crippen LogP contribution in [0.4, 0.5) is 0 Å². The molecular formula is C19H28BrN2O+. The largest absolute Gasteiger partial charge is 0.349 e. The van der Waals surface area contributed by atoms with E-state index in [1.54, 1.807) is 4.90 Å². The molecule has 2 heterocycles. The predicted molar refractivity (Wildman–Crippen MR) is 96.7 cm³/mol. The zero-order chi connectivity index (χ0) is 16.4. The van der Waals surface area contributed by atoms with E-state index in [0.29, 0.717) is 6.04 Å². The van der Waals surface area contributed by atoms with Crippen LogP contribution in [0.3, 0.4) is 0 Å². The lowest BCUT2D eigenvalue weighted by Crippen LogP contribution is -3.21. The molecule has 3 nitrogen and oxygen atoms in total. The monoisotopic (exact) mass is 379 g/mol. The van der Waals surface area contributed by atoms with Gasteiger partial charge in [0.2, 0.25) is 0 Å². The Morgan fingerprint density at radius 3 is 2.52 bits per heavy atom. The van der Waals surface area contributed by atoms with E-state index in [1.165, 1.54) is 25.8 Å². The highest BCUT2D eigenvalue weighted by Gasteiger charge is 2.42. The fraction of sp³-hybridized carbons (Fsp3) is 0.632. The van der Waals surface area contributed by atoms with Crippen LogP contribution < -0.4 is 10.2 Å². The van der Waals surface area contributed by atoms with E-state index < -0.39 is 0 Å². The highest BCUT2D eigenvalue weighted by Crippen LogP contribution is 2.23. The van der Waals surface area contributed by atoms with Gasteiger partial charge in [-0.05, 0) is 47.3 Å². The van der Waals surface area contributed by atoms with Crippen LogP contribution in [0.1, 0.15) is 56.3 Å². The van der Waals surface area contributed by atoms with Crippen LogP contribution in [-0.2, 0) is 0 Å². The molecule has 2 N–H and O–H groups in total. The molecule has 1 amide bonds. The average Bonchev–Trinajstić information content (AvgIpc) is 2.47. The van der Waals surface area contributed by atoms with Gasteiger partial charge in [0, 0.05) is 29.3 Å². The van der Waals surface area contributed by atoms with Gasteiger partial charge in [-0.1, -0.05) is 26.0 Å².